The zero-order valence-electron chi connectivity index (χ0n) is 19.0. The van der Waals surface area contributed by atoms with Crippen LogP contribution in [0.15, 0.2) is 0 Å². The smallest absolute Gasteiger partial charge is 0.450 e. The highest BCUT2D eigenvalue weighted by atomic mass is 16.6. The molecule has 0 saturated heterocycles. The predicted molar refractivity (Wildman–Crippen MR) is 113 cm³/mol. The maximum Gasteiger partial charge on any atom is 0.503 e. The number of rotatable bonds is 4. The molecule has 26 heavy (non-hydrogen) atoms. The highest BCUT2D eigenvalue weighted by Crippen LogP contribution is 2.00. The van der Waals surface area contributed by atoms with Gasteiger partial charge >= 0.3 is 12.3 Å². The molecule has 0 heterocycles. The van der Waals surface area contributed by atoms with E-state index in [0.29, 0.717) is 0 Å². The van der Waals surface area contributed by atoms with Crippen molar-refractivity contribution in [2.45, 2.75) is 108 Å². The van der Waals surface area contributed by atoms with E-state index in [-0.39, 0.29) is 0 Å². The first-order valence-electron chi connectivity index (χ1n) is 9.67. The van der Waals surface area contributed by atoms with E-state index in [0.717, 1.165) is 11.8 Å². The van der Waals surface area contributed by atoms with Crippen molar-refractivity contribution in [3.63, 3.8) is 0 Å². The van der Waals surface area contributed by atoms with E-state index in [4.69, 9.17) is 30.0 Å². The van der Waals surface area contributed by atoms with Gasteiger partial charge < -0.3 is 20.4 Å². The molecule has 0 aromatic heterocycles. The molecule has 164 valence electrons. The third-order valence-corrected chi connectivity index (χ3v) is 1.73. The molecule has 0 spiro atoms. The molecule has 0 radical (unpaired) electrons. The second-order valence-electron chi connectivity index (χ2n) is 6.34. The minimum Gasteiger partial charge on any atom is -0.450 e. The van der Waals surface area contributed by atoms with Gasteiger partial charge in [0, 0.05) is 0 Å². The van der Waals surface area contributed by atoms with Crippen LogP contribution in [0.1, 0.15) is 108 Å². The molecule has 0 unspecified atom stereocenters. The molecule has 6 heteroatoms. The summed E-state index contributed by atoms with van der Waals surface area (Å²) in [6.45, 7) is 22.0. The Morgan fingerprint density at radius 1 is 0.577 bits per heavy atom. The Bertz CT molecular complexity index is 196. The Morgan fingerprint density at radius 2 is 0.692 bits per heavy atom. The van der Waals surface area contributed by atoms with Crippen molar-refractivity contribution in [3.8, 4) is 0 Å². The van der Waals surface area contributed by atoms with Crippen molar-refractivity contribution in [2.24, 2.45) is 11.8 Å². The van der Waals surface area contributed by atoms with Gasteiger partial charge in [-0.3, -0.25) is 0 Å². The van der Waals surface area contributed by atoms with Gasteiger partial charge in [-0.05, 0) is 11.8 Å². The number of carbonyl (C=O) groups is 2. The molecule has 0 atom stereocenters. The van der Waals surface area contributed by atoms with E-state index in [1.807, 2.05) is 0 Å². The Morgan fingerprint density at radius 3 is 0.692 bits per heavy atom. The van der Waals surface area contributed by atoms with Crippen molar-refractivity contribution in [1.82, 2.24) is 0 Å². The zero-order valence-corrected chi connectivity index (χ0v) is 19.0. The highest BCUT2D eigenvalue weighted by Gasteiger charge is 1.86. The third kappa shape index (κ3) is 507. The number of hydrogen-bond acceptors (Lipinski definition) is 2. The molecule has 0 aliphatic carbocycles. The summed E-state index contributed by atoms with van der Waals surface area (Å²) in [7, 11) is 0. The minimum atomic E-state index is -1.83. The fourth-order valence-electron chi connectivity index (χ4n) is 1.15. The summed E-state index contributed by atoms with van der Waals surface area (Å²) in [5.41, 5.74) is 0. The van der Waals surface area contributed by atoms with E-state index in [1.165, 1.54) is 38.5 Å². The van der Waals surface area contributed by atoms with E-state index < -0.39 is 12.3 Å². The Labute approximate surface area is 162 Å². The van der Waals surface area contributed by atoms with E-state index in [2.05, 4.69) is 69.2 Å². The molecule has 0 aromatic rings. The summed E-state index contributed by atoms with van der Waals surface area (Å²) in [6, 6.07) is 0. The van der Waals surface area contributed by atoms with Gasteiger partial charge in [-0.1, -0.05) is 108 Å². The quantitative estimate of drug-likeness (QED) is 0.388. The fraction of sp³-hybridized carbons (Fsp3) is 0.900. The van der Waals surface area contributed by atoms with Gasteiger partial charge in [0.25, 0.3) is 0 Å². The van der Waals surface area contributed by atoms with Crippen LogP contribution in [-0.4, -0.2) is 32.7 Å². The first-order chi connectivity index (χ1) is 11.8. The Balaban J connectivity index is -0.0000000473. The van der Waals surface area contributed by atoms with Crippen LogP contribution in [0.5, 0.6) is 0 Å². The van der Waals surface area contributed by atoms with Gasteiger partial charge in [0.15, 0.2) is 0 Å². The largest absolute Gasteiger partial charge is 0.503 e. The molecule has 0 aromatic carbocycles. The van der Waals surface area contributed by atoms with Crippen molar-refractivity contribution in [2.75, 3.05) is 0 Å². The third-order valence-electron chi connectivity index (χ3n) is 1.73. The average molecular weight is 385 g/mol. The first kappa shape index (κ1) is 39.6. The lowest BCUT2D eigenvalue weighted by Gasteiger charge is -1.95. The predicted octanol–water partition coefficient (Wildman–Crippen LogP) is 8.16. The van der Waals surface area contributed by atoms with Crippen LogP contribution in [0, 0.1) is 11.8 Å². The lowest BCUT2D eigenvalue weighted by molar-refractivity contribution is 0.135. The van der Waals surface area contributed by atoms with Crippen molar-refractivity contribution < 1.29 is 30.0 Å². The second-order valence-corrected chi connectivity index (χ2v) is 6.34. The molecule has 0 aliphatic rings. The van der Waals surface area contributed by atoms with Gasteiger partial charge in [0.05, 0.1) is 0 Å². The maximum atomic E-state index is 8.56. The summed E-state index contributed by atoms with van der Waals surface area (Å²) < 4.78 is 0. The zero-order chi connectivity index (χ0) is 22.6. The van der Waals surface area contributed by atoms with Crippen LogP contribution in [0.25, 0.3) is 0 Å². The summed E-state index contributed by atoms with van der Waals surface area (Å²) in [6.07, 6.45) is 4.25. The van der Waals surface area contributed by atoms with Gasteiger partial charge in [-0.15, -0.1) is 0 Å². The average Bonchev–Trinajstić information content (AvgIpc) is 2.39. The summed E-state index contributed by atoms with van der Waals surface area (Å²) in [5.74, 6) is 1.80. The van der Waals surface area contributed by atoms with Crippen LogP contribution in [0.2, 0.25) is 0 Å². The molecule has 0 saturated carbocycles. The molecular formula is C20H48O6. The normalized spacial score (nSPS) is 7.85. The van der Waals surface area contributed by atoms with Crippen LogP contribution < -0.4 is 0 Å². The van der Waals surface area contributed by atoms with E-state index >= 15 is 0 Å². The van der Waals surface area contributed by atoms with Crippen LogP contribution in [-0.2, 0) is 0 Å². The molecule has 0 fully saturated rings. The molecule has 0 aliphatic heterocycles. The number of carboxylic acid groups (broad SMARTS) is 4. The van der Waals surface area contributed by atoms with Crippen LogP contribution in [0.4, 0.5) is 9.59 Å². The topological polar surface area (TPSA) is 115 Å². The molecule has 6 nitrogen and oxygen atoms in total. The van der Waals surface area contributed by atoms with Gasteiger partial charge in [0.2, 0.25) is 0 Å². The van der Waals surface area contributed by atoms with Crippen molar-refractivity contribution in [3.05, 3.63) is 0 Å². The lowest BCUT2D eigenvalue weighted by Crippen LogP contribution is -1.81. The summed E-state index contributed by atoms with van der Waals surface area (Å²) in [5, 5.41) is 27.9. The monoisotopic (exact) mass is 384 g/mol. The summed E-state index contributed by atoms with van der Waals surface area (Å²) >= 11 is 0. The molecule has 0 amide bonds. The van der Waals surface area contributed by atoms with Crippen LogP contribution >= 0.6 is 0 Å². The van der Waals surface area contributed by atoms with Gasteiger partial charge in [-0.2, -0.15) is 0 Å². The number of hydrogen-bond donors (Lipinski definition) is 4. The highest BCUT2D eigenvalue weighted by molar-refractivity contribution is 5.53. The van der Waals surface area contributed by atoms with Crippen molar-refractivity contribution >= 4 is 12.3 Å². The second kappa shape index (κ2) is 43.7. The Hall–Kier alpha value is -1.46. The molecule has 0 rings (SSSR count). The maximum absolute atomic E-state index is 8.56. The Kier molecular flexibility index (Phi) is 66.5. The summed E-state index contributed by atoms with van der Waals surface area (Å²) in [4.78, 5) is 17.1. The molecular weight excluding hydrogens is 336 g/mol. The fourth-order valence-corrected chi connectivity index (χ4v) is 1.15. The van der Waals surface area contributed by atoms with E-state index in [9.17, 15) is 0 Å². The minimum absolute atomic E-state index is 0.898. The molecule has 0 bridgehead atoms. The van der Waals surface area contributed by atoms with Gasteiger partial charge in [-0.25, -0.2) is 9.59 Å². The van der Waals surface area contributed by atoms with Crippen molar-refractivity contribution in [1.29, 1.82) is 0 Å². The standard InChI is InChI=1S/2C6H14.2C3H8.2CH2O3/c2*1-4-5-6(2)3;2*1-3-2;2*2-1(3)4/h2*6H,4-5H2,1-3H3;2*3H2,1-2H3;2*(H2,2,3,4). The SMILES string of the molecule is CCC.CCC.CCCC(C)C.CCCC(C)C.O=C(O)O.O=C(O)O. The van der Waals surface area contributed by atoms with Gasteiger partial charge in [0.1, 0.15) is 0 Å². The molecule has 4 N–H and O–H groups in total. The first-order valence-corrected chi connectivity index (χ1v) is 9.67. The van der Waals surface area contributed by atoms with E-state index in [1.54, 1.807) is 0 Å². The lowest BCUT2D eigenvalue weighted by atomic mass is 10.1. The van der Waals surface area contributed by atoms with Crippen LogP contribution in [0.3, 0.4) is 0 Å².